The van der Waals surface area contributed by atoms with Gasteiger partial charge in [-0.2, -0.15) is 0 Å². The Hall–Kier alpha value is -1.07. The van der Waals surface area contributed by atoms with Gasteiger partial charge >= 0.3 is 6.09 Å². The van der Waals surface area contributed by atoms with Crippen LogP contribution in [0.4, 0.5) is 4.79 Å². The molecular weight excluding hydrogens is 234 g/mol. The lowest BCUT2D eigenvalue weighted by Gasteiger charge is -2.27. The lowest BCUT2D eigenvalue weighted by molar-refractivity contribution is -0.278. The van der Waals surface area contributed by atoms with Crippen molar-refractivity contribution in [2.24, 2.45) is 0 Å². The van der Waals surface area contributed by atoms with Gasteiger partial charge in [-0.25, -0.2) is 14.6 Å². The van der Waals surface area contributed by atoms with Crippen molar-refractivity contribution in [1.82, 2.24) is 4.90 Å². The Morgan fingerprint density at radius 3 is 2.67 bits per heavy atom. The maximum absolute atomic E-state index is 12.1. The number of nitrogens with zero attached hydrogens (tertiary/aromatic N) is 1. The zero-order valence-corrected chi connectivity index (χ0v) is 11.9. The van der Waals surface area contributed by atoms with E-state index in [0.29, 0.717) is 13.2 Å². The molecule has 1 saturated heterocycles. The first kappa shape index (κ1) is 15.0. The number of likely N-dealkylation sites (tertiary alicyclic amines) is 1. The molecule has 1 aliphatic heterocycles. The predicted molar refractivity (Wildman–Crippen MR) is 68.1 cm³/mol. The van der Waals surface area contributed by atoms with Gasteiger partial charge in [0.05, 0.1) is 13.2 Å². The molecule has 1 amide bonds. The smallest absolute Gasteiger partial charge is 0.410 e. The van der Waals surface area contributed by atoms with E-state index in [1.807, 2.05) is 33.8 Å². The minimum Gasteiger partial charge on any atom is -0.444 e. The first-order chi connectivity index (χ1) is 8.37. The van der Waals surface area contributed by atoms with Gasteiger partial charge in [0.25, 0.3) is 0 Å². The molecule has 1 heterocycles. The lowest BCUT2D eigenvalue weighted by Crippen LogP contribution is -2.41. The van der Waals surface area contributed by atoms with E-state index < -0.39 is 5.60 Å². The van der Waals surface area contributed by atoms with E-state index in [1.54, 1.807) is 4.90 Å². The standard InChI is InChI=1S/C13H23NO4/c1-6-10-7-11(9-17-16-5)14(8-10)12(15)18-13(2,3)4/h6,11H,7-9H2,1-5H3/t11-/m0/s1. The minimum absolute atomic E-state index is 0.0222. The van der Waals surface area contributed by atoms with Gasteiger partial charge in [0, 0.05) is 6.54 Å². The number of ether oxygens (including phenoxy) is 1. The van der Waals surface area contributed by atoms with Gasteiger partial charge in [-0.15, -0.1) is 0 Å². The van der Waals surface area contributed by atoms with Crippen molar-refractivity contribution in [3.05, 3.63) is 11.6 Å². The van der Waals surface area contributed by atoms with E-state index in [0.717, 1.165) is 6.42 Å². The Bertz CT molecular complexity index is 319. The molecule has 0 aromatic heterocycles. The molecule has 0 spiro atoms. The van der Waals surface area contributed by atoms with Crippen molar-refractivity contribution in [2.45, 2.75) is 45.8 Å². The van der Waals surface area contributed by atoms with Crippen LogP contribution in [0.15, 0.2) is 11.6 Å². The molecule has 1 fully saturated rings. The van der Waals surface area contributed by atoms with Crippen molar-refractivity contribution in [3.63, 3.8) is 0 Å². The molecule has 0 radical (unpaired) electrons. The molecule has 1 rings (SSSR count). The summed E-state index contributed by atoms with van der Waals surface area (Å²) in [6.07, 6.45) is 2.53. The van der Waals surface area contributed by atoms with Crippen molar-refractivity contribution in [1.29, 1.82) is 0 Å². The minimum atomic E-state index is -0.484. The molecule has 0 saturated carbocycles. The molecule has 0 unspecified atom stereocenters. The molecule has 0 aliphatic carbocycles. The maximum atomic E-state index is 12.1. The van der Waals surface area contributed by atoms with Crippen molar-refractivity contribution < 1.29 is 19.3 Å². The van der Waals surface area contributed by atoms with Gasteiger partial charge < -0.3 is 4.74 Å². The van der Waals surface area contributed by atoms with Crippen LogP contribution in [0, 0.1) is 0 Å². The van der Waals surface area contributed by atoms with Crippen LogP contribution < -0.4 is 0 Å². The molecule has 5 nitrogen and oxygen atoms in total. The first-order valence-corrected chi connectivity index (χ1v) is 6.16. The Morgan fingerprint density at radius 1 is 1.50 bits per heavy atom. The summed E-state index contributed by atoms with van der Waals surface area (Å²) in [7, 11) is 1.46. The van der Waals surface area contributed by atoms with Crippen LogP contribution in [-0.4, -0.2) is 42.9 Å². The zero-order chi connectivity index (χ0) is 13.8. The van der Waals surface area contributed by atoms with Gasteiger partial charge in [0.2, 0.25) is 0 Å². The Balaban J connectivity index is 2.67. The summed E-state index contributed by atoms with van der Waals surface area (Å²) in [5, 5.41) is 0. The van der Waals surface area contributed by atoms with Crippen molar-refractivity contribution in [2.75, 3.05) is 20.3 Å². The number of rotatable bonds is 3. The SMILES string of the molecule is CC=C1C[C@@H](COOC)N(C(=O)OC(C)(C)C)C1. The van der Waals surface area contributed by atoms with E-state index in [-0.39, 0.29) is 12.1 Å². The summed E-state index contributed by atoms with van der Waals surface area (Å²) in [6.45, 7) is 8.51. The fourth-order valence-corrected chi connectivity index (χ4v) is 1.86. The summed E-state index contributed by atoms with van der Waals surface area (Å²) in [6, 6.07) is -0.0222. The van der Waals surface area contributed by atoms with Gasteiger partial charge in [-0.1, -0.05) is 11.6 Å². The molecule has 0 aromatic rings. The highest BCUT2D eigenvalue weighted by Crippen LogP contribution is 2.25. The van der Waals surface area contributed by atoms with Gasteiger partial charge in [-0.05, 0) is 34.1 Å². The van der Waals surface area contributed by atoms with Crippen LogP contribution in [0.5, 0.6) is 0 Å². The molecule has 1 atom stereocenters. The molecule has 0 bridgehead atoms. The van der Waals surface area contributed by atoms with Crippen LogP contribution in [0.1, 0.15) is 34.1 Å². The fourth-order valence-electron chi connectivity index (χ4n) is 1.86. The summed E-state index contributed by atoms with van der Waals surface area (Å²) >= 11 is 0. The quantitative estimate of drug-likeness (QED) is 0.443. The van der Waals surface area contributed by atoms with E-state index in [4.69, 9.17) is 9.62 Å². The second-order valence-corrected chi connectivity index (χ2v) is 5.36. The van der Waals surface area contributed by atoms with Gasteiger partial charge in [0.15, 0.2) is 0 Å². The largest absolute Gasteiger partial charge is 0.444 e. The number of hydrogen-bond donors (Lipinski definition) is 0. The lowest BCUT2D eigenvalue weighted by atomic mass is 10.1. The average molecular weight is 257 g/mol. The number of amides is 1. The van der Waals surface area contributed by atoms with E-state index in [2.05, 4.69) is 4.89 Å². The third kappa shape index (κ3) is 4.31. The fraction of sp³-hybridized carbons (Fsp3) is 0.769. The number of hydrogen-bond acceptors (Lipinski definition) is 4. The average Bonchev–Trinajstić information content (AvgIpc) is 2.67. The first-order valence-electron chi connectivity index (χ1n) is 6.16. The molecule has 0 aromatic carbocycles. The molecule has 1 aliphatic rings. The van der Waals surface area contributed by atoms with E-state index in [9.17, 15) is 4.79 Å². The molecular formula is C13H23NO4. The normalized spacial score (nSPS) is 22.6. The van der Waals surface area contributed by atoms with Crippen LogP contribution in [0.3, 0.4) is 0 Å². The van der Waals surface area contributed by atoms with E-state index >= 15 is 0 Å². The van der Waals surface area contributed by atoms with Crippen LogP contribution in [0.2, 0.25) is 0 Å². The monoisotopic (exact) mass is 257 g/mol. The summed E-state index contributed by atoms with van der Waals surface area (Å²) in [5.74, 6) is 0. The molecule has 104 valence electrons. The highest BCUT2D eigenvalue weighted by molar-refractivity contribution is 5.69. The highest BCUT2D eigenvalue weighted by atomic mass is 17.2. The summed E-state index contributed by atoms with van der Waals surface area (Å²) in [5.41, 5.74) is 0.730. The zero-order valence-electron chi connectivity index (χ0n) is 11.9. The summed E-state index contributed by atoms with van der Waals surface area (Å²) < 4.78 is 5.39. The highest BCUT2D eigenvalue weighted by Gasteiger charge is 2.34. The Labute approximate surface area is 109 Å². The number of carbonyl (C=O) groups excluding carboxylic acids is 1. The van der Waals surface area contributed by atoms with Crippen LogP contribution in [-0.2, 0) is 14.5 Å². The third-order valence-corrected chi connectivity index (χ3v) is 2.73. The molecule has 0 N–H and O–H groups in total. The van der Waals surface area contributed by atoms with Gasteiger partial charge in [0.1, 0.15) is 12.2 Å². The second kappa shape index (κ2) is 6.20. The van der Waals surface area contributed by atoms with Crippen molar-refractivity contribution in [3.8, 4) is 0 Å². The van der Waals surface area contributed by atoms with E-state index in [1.165, 1.54) is 12.7 Å². The second-order valence-electron chi connectivity index (χ2n) is 5.36. The van der Waals surface area contributed by atoms with Crippen LogP contribution in [0.25, 0.3) is 0 Å². The summed E-state index contributed by atoms with van der Waals surface area (Å²) in [4.78, 5) is 23.3. The topological polar surface area (TPSA) is 48.0 Å². The third-order valence-electron chi connectivity index (χ3n) is 2.73. The number of carbonyl (C=O) groups is 1. The molecule has 5 heteroatoms. The van der Waals surface area contributed by atoms with Crippen LogP contribution >= 0.6 is 0 Å². The number of allylic oxidation sites excluding steroid dienone is 1. The maximum Gasteiger partial charge on any atom is 0.410 e. The Morgan fingerprint density at radius 2 is 2.17 bits per heavy atom. The Kier molecular flexibility index (Phi) is 5.16. The van der Waals surface area contributed by atoms with Crippen molar-refractivity contribution >= 4 is 6.09 Å². The predicted octanol–water partition coefficient (Wildman–Crippen LogP) is 2.52. The molecule has 18 heavy (non-hydrogen) atoms. The van der Waals surface area contributed by atoms with Gasteiger partial charge in [-0.3, -0.25) is 4.90 Å².